The summed E-state index contributed by atoms with van der Waals surface area (Å²) in [5, 5.41) is 18.3. The monoisotopic (exact) mass is 232 g/mol. The van der Waals surface area contributed by atoms with Gasteiger partial charge in [0.05, 0.1) is 5.76 Å². The summed E-state index contributed by atoms with van der Waals surface area (Å²) in [5.74, 6) is 1.59. The lowest BCUT2D eigenvalue weighted by Gasteiger charge is -2.05. The molecule has 0 spiro atoms. The molecular weight excluding hydrogens is 216 g/mol. The summed E-state index contributed by atoms with van der Waals surface area (Å²) in [6.45, 7) is 3.44. The molecule has 0 atom stereocenters. The molecule has 0 aliphatic rings. The highest BCUT2D eigenvalue weighted by Gasteiger charge is 1.97. The number of aliphatic hydroxyl groups excluding tert-OH is 1. The summed E-state index contributed by atoms with van der Waals surface area (Å²) in [4.78, 5) is 0. The summed E-state index contributed by atoms with van der Waals surface area (Å²) in [6.07, 6.45) is 6.77. The molecule has 90 valence electrons. The maximum atomic E-state index is 9.29. The number of aromatic hydroxyl groups is 1. The number of benzene rings is 1. The molecule has 2 N–H and O–H groups in total. The van der Waals surface area contributed by atoms with E-state index in [0.29, 0.717) is 11.5 Å². The maximum Gasteiger partial charge on any atom is 0.131 e. The molecule has 1 rings (SSSR count). The molecule has 0 saturated carbocycles. The SMILES string of the molecule is C\C=C(/C=C\C=C(/C)O)Oc1cccc(O)c1. The number of phenolic OH excluding ortho intramolecular Hbond substituents is 1. The second kappa shape index (κ2) is 6.43. The lowest BCUT2D eigenvalue weighted by Crippen LogP contribution is -1.91. The minimum absolute atomic E-state index is 0.160. The van der Waals surface area contributed by atoms with Crippen LogP contribution >= 0.6 is 0 Å². The first-order valence-corrected chi connectivity index (χ1v) is 5.29. The summed E-state index contributed by atoms with van der Waals surface area (Å²) in [5.41, 5.74) is 0. The molecule has 0 fully saturated rings. The standard InChI is InChI=1S/C14H16O3/c1-3-13(8-4-6-11(2)15)17-14-9-5-7-12(16)10-14/h3-10,15-16H,1-2H3/b8-4-,11-6+,13-3+. The lowest BCUT2D eigenvalue weighted by atomic mass is 10.3. The van der Waals surface area contributed by atoms with Gasteiger partial charge in [0.2, 0.25) is 0 Å². The number of hydrogen-bond acceptors (Lipinski definition) is 3. The van der Waals surface area contributed by atoms with Crippen LogP contribution in [-0.4, -0.2) is 10.2 Å². The first-order valence-electron chi connectivity index (χ1n) is 5.29. The number of ether oxygens (including phenoxy) is 1. The number of phenols is 1. The van der Waals surface area contributed by atoms with Crippen LogP contribution in [0.25, 0.3) is 0 Å². The van der Waals surface area contributed by atoms with Crippen molar-refractivity contribution in [1.29, 1.82) is 0 Å². The predicted octanol–water partition coefficient (Wildman–Crippen LogP) is 3.69. The Labute approximate surface area is 101 Å². The van der Waals surface area contributed by atoms with Crippen molar-refractivity contribution < 1.29 is 14.9 Å². The van der Waals surface area contributed by atoms with Crippen molar-refractivity contribution in [3.8, 4) is 11.5 Å². The third-order valence-electron chi connectivity index (χ3n) is 1.94. The highest BCUT2D eigenvalue weighted by atomic mass is 16.5. The normalized spacial score (nSPS) is 13.1. The van der Waals surface area contributed by atoms with Gasteiger partial charge in [0.1, 0.15) is 17.3 Å². The van der Waals surface area contributed by atoms with Crippen LogP contribution in [0.5, 0.6) is 11.5 Å². The molecule has 0 heterocycles. The van der Waals surface area contributed by atoms with Gasteiger partial charge in [-0.3, -0.25) is 0 Å². The van der Waals surface area contributed by atoms with Gasteiger partial charge in [0.15, 0.2) is 0 Å². The quantitative estimate of drug-likeness (QED) is 0.614. The van der Waals surface area contributed by atoms with Gasteiger partial charge in [-0.25, -0.2) is 0 Å². The van der Waals surface area contributed by atoms with Crippen molar-refractivity contribution in [3.63, 3.8) is 0 Å². The summed E-state index contributed by atoms with van der Waals surface area (Å²) in [6, 6.07) is 6.57. The molecular formula is C14H16O3. The van der Waals surface area contributed by atoms with Crippen LogP contribution in [0.3, 0.4) is 0 Å². The van der Waals surface area contributed by atoms with Gasteiger partial charge in [-0.15, -0.1) is 0 Å². The summed E-state index contributed by atoms with van der Waals surface area (Å²) < 4.78 is 5.53. The van der Waals surface area contributed by atoms with Crippen LogP contribution in [0.2, 0.25) is 0 Å². The topological polar surface area (TPSA) is 49.7 Å². The highest BCUT2D eigenvalue weighted by molar-refractivity contribution is 5.34. The third-order valence-corrected chi connectivity index (χ3v) is 1.94. The van der Waals surface area contributed by atoms with E-state index in [-0.39, 0.29) is 11.5 Å². The van der Waals surface area contributed by atoms with E-state index in [4.69, 9.17) is 9.84 Å². The zero-order chi connectivity index (χ0) is 12.7. The molecule has 17 heavy (non-hydrogen) atoms. The fraction of sp³-hybridized carbons (Fsp3) is 0.143. The molecule has 1 aromatic carbocycles. The Morgan fingerprint density at radius 2 is 2.12 bits per heavy atom. The Morgan fingerprint density at radius 3 is 2.71 bits per heavy atom. The predicted molar refractivity (Wildman–Crippen MR) is 68.0 cm³/mol. The van der Waals surface area contributed by atoms with Crippen molar-refractivity contribution in [1.82, 2.24) is 0 Å². The van der Waals surface area contributed by atoms with E-state index >= 15 is 0 Å². The van der Waals surface area contributed by atoms with Gasteiger partial charge >= 0.3 is 0 Å². The van der Waals surface area contributed by atoms with E-state index in [0.717, 1.165) is 0 Å². The Balaban J connectivity index is 2.72. The van der Waals surface area contributed by atoms with Gasteiger partial charge in [0.25, 0.3) is 0 Å². The van der Waals surface area contributed by atoms with Crippen LogP contribution in [-0.2, 0) is 0 Å². The Morgan fingerprint density at radius 1 is 1.35 bits per heavy atom. The minimum Gasteiger partial charge on any atom is -0.513 e. The zero-order valence-electron chi connectivity index (χ0n) is 9.92. The van der Waals surface area contributed by atoms with Gasteiger partial charge in [-0.05, 0) is 44.2 Å². The molecule has 0 unspecified atom stereocenters. The van der Waals surface area contributed by atoms with Crippen molar-refractivity contribution in [3.05, 3.63) is 60.1 Å². The largest absolute Gasteiger partial charge is 0.513 e. The third kappa shape index (κ3) is 4.93. The molecule has 0 radical (unpaired) electrons. The Kier molecular flexibility index (Phi) is 4.88. The minimum atomic E-state index is 0.160. The first-order chi connectivity index (χ1) is 8.11. The number of aliphatic hydroxyl groups is 1. The van der Waals surface area contributed by atoms with E-state index in [9.17, 15) is 5.11 Å². The van der Waals surface area contributed by atoms with Gasteiger partial charge in [-0.1, -0.05) is 12.1 Å². The molecule has 0 aliphatic carbocycles. The van der Waals surface area contributed by atoms with E-state index in [2.05, 4.69) is 0 Å². The Bertz CT molecular complexity index is 452. The van der Waals surface area contributed by atoms with Crippen LogP contribution in [0, 0.1) is 0 Å². The van der Waals surface area contributed by atoms with Crippen LogP contribution in [0.1, 0.15) is 13.8 Å². The number of hydrogen-bond donors (Lipinski definition) is 2. The maximum absolute atomic E-state index is 9.29. The molecule has 0 bridgehead atoms. The average molecular weight is 232 g/mol. The van der Waals surface area contributed by atoms with Crippen LogP contribution in [0.15, 0.2) is 60.1 Å². The van der Waals surface area contributed by atoms with E-state index in [1.54, 1.807) is 49.4 Å². The molecule has 0 aromatic heterocycles. The second-order valence-corrected chi connectivity index (χ2v) is 3.46. The summed E-state index contributed by atoms with van der Waals surface area (Å²) in [7, 11) is 0. The molecule has 3 nitrogen and oxygen atoms in total. The van der Waals surface area contributed by atoms with Crippen LogP contribution in [0.4, 0.5) is 0 Å². The van der Waals surface area contributed by atoms with Crippen molar-refractivity contribution in [2.75, 3.05) is 0 Å². The molecule has 1 aromatic rings. The average Bonchev–Trinajstić information content (AvgIpc) is 2.27. The summed E-state index contributed by atoms with van der Waals surface area (Å²) >= 11 is 0. The van der Waals surface area contributed by atoms with Gasteiger partial charge < -0.3 is 14.9 Å². The van der Waals surface area contributed by atoms with Crippen molar-refractivity contribution in [2.45, 2.75) is 13.8 Å². The molecule has 3 heteroatoms. The van der Waals surface area contributed by atoms with E-state index in [1.807, 2.05) is 6.92 Å². The number of rotatable bonds is 4. The lowest BCUT2D eigenvalue weighted by molar-refractivity contribution is 0.414. The highest BCUT2D eigenvalue weighted by Crippen LogP contribution is 2.20. The van der Waals surface area contributed by atoms with Crippen molar-refractivity contribution in [2.24, 2.45) is 0 Å². The second-order valence-electron chi connectivity index (χ2n) is 3.46. The zero-order valence-corrected chi connectivity index (χ0v) is 9.92. The van der Waals surface area contributed by atoms with Gasteiger partial charge in [-0.2, -0.15) is 0 Å². The molecule has 0 saturated heterocycles. The fourth-order valence-electron chi connectivity index (χ4n) is 1.15. The first kappa shape index (κ1) is 12.9. The fourth-order valence-corrected chi connectivity index (χ4v) is 1.15. The number of allylic oxidation sites excluding steroid dienone is 5. The molecule has 0 amide bonds. The van der Waals surface area contributed by atoms with E-state index < -0.39 is 0 Å². The van der Waals surface area contributed by atoms with Crippen molar-refractivity contribution >= 4 is 0 Å². The smallest absolute Gasteiger partial charge is 0.131 e. The Hall–Kier alpha value is -2.16. The van der Waals surface area contributed by atoms with Crippen LogP contribution < -0.4 is 4.74 Å². The van der Waals surface area contributed by atoms with Gasteiger partial charge in [0, 0.05) is 6.07 Å². The molecule has 0 aliphatic heterocycles. The van der Waals surface area contributed by atoms with E-state index in [1.165, 1.54) is 6.07 Å².